The van der Waals surface area contributed by atoms with Crippen LogP contribution in [0.5, 0.6) is 0 Å². The van der Waals surface area contributed by atoms with Crippen LogP contribution in [0, 0.1) is 0 Å². The van der Waals surface area contributed by atoms with Gasteiger partial charge in [-0.1, -0.05) is 29.8 Å². The maximum Gasteiger partial charge on any atom is 0.132 e. The van der Waals surface area contributed by atoms with Gasteiger partial charge in [-0.15, -0.1) is 0 Å². The zero-order chi connectivity index (χ0) is 13.9. The van der Waals surface area contributed by atoms with Crippen molar-refractivity contribution >= 4 is 17.4 Å². The standard InChI is InChI=1S/C15H13ClN4/c16-13-6-2-1-4-11(13)9-20-10-18-8-14(20)12-5-3-7-19-15(12)17/h1-8,10H,9H2,(H2,17,19). The highest BCUT2D eigenvalue weighted by molar-refractivity contribution is 6.31. The summed E-state index contributed by atoms with van der Waals surface area (Å²) in [7, 11) is 0. The van der Waals surface area contributed by atoms with Gasteiger partial charge in [-0.3, -0.25) is 0 Å². The van der Waals surface area contributed by atoms with E-state index >= 15 is 0 Å². The highest BCUT2D eigenvalue weighted by atomic mass is 35.5. The number of hydrogen-bond donors (Lipinski definition) is 1. The minimum absolute atomic E-state index is 0.494. The lowest BCUT2D eigenvalue weighted by Gasteiger charge is -2.10. The zero-order valence-corrected chi connectivity index (χ0v) is 11.5. The van der Waals surface area contributed by atoms with E-state index in [0.717, 1.165) is 21.8 Å². The number of aromatic nitrogens is 3. The molecule has 0 fully saturated rings. The van der Waals surface area contributed by atoms with E-state index in [1.54, 1.807) is 18.7 Å². The molecule has 0 saturated heterocycles. The minimum atomic E-state index is 0.494. The van der Waals surface area contributed by atoms with Crippen LogP contribution in [-0.2, 0) is 6.54 Å². The second kappa shape index (κ2) is 5.35. The summed E-state index contributed by atoms with van der Waals surface area (Å²) < 4.78 is 2.01. The van der Waals surface area contributed by atoms with Crippen molar-refractivity contribution in [2.45, 2.75) is 6.54 Å². The number of rotatable bonds is 3. The van der Waals surface area contributed by atoms with Crippen LogP contribution >= 0.6 is 11.6 Å². The molecule has 1 aromatic carbocycles. The molecule has 0 aliphatic rings. The van der Waals surface area contributed by atoms with E-state index in [2.05, 4.69) is 9.97 Å². The van der Waals surface area contributed by atoms with Crippen LogP contribution in [0.4, 0.5) is 5.82 Å². The average Bonchev–Trinajstić information content (AvgIpc) is 2.90. The number of anilines is 1. The molecule has 2 heterocycles. The smallest absolute Gasteiger partial charge is 0.132 e. The van der Waals surface area contributed by atoms with E-state index in [9.17, 15) is 0 Å². The number of imidazole rings is 1. The van der Waals surface area contributed by atoms with Crippen LogP contribution in [0.25, 0.3) is 11.3 Å². The van der Waals surface area contributed by atoms with Crippen LogP contribution in [-0.4, -0.2) is 14.5 Å². The molecule has 2 N–H and O–H groups in total. The van der Waals surface area contributed by atoms with E-state index in [4.69, 9.17) is 17.3 Å². The van der Waals surface area contributed by atoms with Crippen LogP contribution in [0.3, 0.4) is 0 Å². The molecular weight excluding hydrogens is 272 g/mol. The Morgan fingerprint density at radius 1 is 1.15 bits per heavy atom. The monoisotopic (exact) mass is 284 g/mol. The number of hydrogen-bond acceptors (Lipinski definition) is 3. The van der Waals surface area contributed by atoms with Crippen molar-refractivity contribution in [2.75, 3.05) is 5.73 Å². The Balaban J connectivity index is 2.00. The van der Waals surface area contributed by atoms with E-state index < -0.39 is 0 Å². The van der Waals surface area contributed by atoms with Gasteiger partial charge in [-0.2, -0.15) is 0 Å². The molecule has 0 bridgehead atoms. The topological polar surface area (TPSA) is 56.7 Å². The average molecular weight is 285 g/mol. The molecule has 5 heteroatoms. The molecule has 0 amide bonds. The first-order valence-electron chi connectivity index (χ1n) is 6.20. The molecule has 20 heavy (non-hydrogen) atoms. The lowest BCUT2D eigenvalue weighted by Crippen LogP contribution is -2.03. The number of nitrogen functional groups attached to an aromatic ring is 1. The fourth-order valence-corrected chi connectivity index (χ4v) is 2.31. The van der Waals surface area contributed by atoms with Crippen molar-refractivity contribution in [3.63, 3.8) is 0 Å². The molecule has 0 atom stereocenters. The Morgan fingerprint density at radius 2 is 2.00 bits per heavy atom. The summed E-state index contributed by atoms with van der Waals surface area (Å²) in [6.45, 7) is 0.642. The van der Waals surface area contributed by atoms with Crippen molar-refractivity contribution in [1.29, 1.82) is 0 Å². The molecule has 0 aliphatic heterocycles. The van der Waals surface area contributed by atoms with Gasteiger partial charge in [0.15, 0.2) is 0 Å². The third-order valence-electron chi connectivity index (χ3n) is 3.13. The van der Waals surface area contributed by atoms with Crippen molar-refractivity contribution < 1.29 is 0 Å². The van der Waals surface area contributed by atoms with Crippen LogP contribution in [0.15, 0.2) is 55.1 Å². The van der Waals surface area contributed by atoms with Gasteiger partial charge in [-0.05, 0) is 23.8 Å². The normalized spacial score (nSPS) is 10.7. The second-order valence-electron chi connectivity index (χ2n) is 4.43. The summed E-state index contributed by atoms with van der Waals surface area (Å²) in [4.78, 5) is 8.31. The van der Waals surface area contributed by atoms with Gasteiger partial charge >= 0.3 is 0 Å². The Morgan fingerprint density at radius 3 is 2.80 bits per heavy atom. The van der Waals surface area contributed by atoms with Gasteiger partial charge in [0.25, 0.3) is 0 Å². The lowest BCUT2D eigenvalue weighted by atomic mass is 10.2. The molecule has 2 aromatic heterocycles. The third kappa shape index (κ3) is 2.38. The lowest BCUT2D eigenvalue weighted by molar-refractivity contribution is 0.805. The fourth-order valence-electron chi connectivity index (χ4n) is 2.12. The summed E-state index contributed by atoms with van der Waals surface area (Å²) in [6.07, 6.45) is 5.23. The summed E-state index contributed by atoms with van der Waals surface area (Å²) in [5, 5.41) is 0.742. The fraction of sp³-hybridized carbons (Fsp3) is 0.0667. The Labute approximate surface area is 121 Å². The first-order valence-corrected chi connectivity index (χ1v) is 6.58. The van der Waals surface area contributed by atoms with Crippen molar-refractivity contribution in [3.05, 3.63) is 65.7 Å². The van der Waals surface area contributed by atoms with Crippen molar-refractivity contribution in [1.82, 2.24) is 14.5 Å². The van der Waals surface area contributed by atoms with E-state index in [-0.39, 0.29) is 0 Å². The Bertz CT molecular complexity index is 736. The first-order chi connectivity index (χ1) is 9.75. The summed E-state index contributed by atoms with van der Waals surface area (Å²) in [5.41, 5.74) is 8.76. The van der Waals surface area contributed by atoms with Gasteiger partial charge in [0, 0.05) is 16.8 Å². The van der Waals surface area contributed by atoms with E-state index in [1.165, 1.54) is 0 Å². The predicted octanol–water partition coefficient (Wildman–Crippen LogP) is 3.23. The van der Waals surface area contributed by atoms with Gasteiger partial charge in [0.1, 0.15) is 5.82 Å². The van der Waals surface area contributed by atoms with Gasteiger partial charge in [-0.25, -0.2) is 9.97 Å². The summed E-state index contributed by atoms with van der Waals surface area (Å²) in [6, 6.07) is 11.6. The van der Waals surface area contributed by atoms with Crippen LogP contribution < -0.4 is 5.73 Å². The van der Waals surface area contributed by atoms with Crippen molar-refractivity contribution in [2.24, 2.45) is 0 Å². The second-order valence-corrected chi connectivity index (χ2v) is 4.84. The quantitative estimate of drug-likeness (QED) is 0.803. The molecule has 100 valence electrons. The largest absolute Gasteiger partial charge is 0.383 e. The molecular formula is C15H13ClN4. The molecule has 0 aliphatic carbocycles. The van der Waals surface area contributed by atoms with E-state index in [0.29, 0.717) is 12.4 Å². The third-order valence-corrected chi connectivity index (χ3v) is 3.49. The molecule has 0 radical (unpaired) electrons. The van der Waals surface area contributed by atoms with Crippen LogP contribution in [0.1, 0.15) is 5.56 Å². The van der Waals surface area contributed by atoms with E-state index in [1.807, 2.05) is 41.0 Å². The first kappa shape index (κ1) is 12.7. The Hall–Kier alpha value is -2.33. The maximum absolute atomic E-state index is 6.20. The SMILES string of the molecule is Nc1ncccc1-c1cncn1Cc1ccccc1Cl. The van der Waals surface area contributed by atoms with Crippen LogP contribution in [0.2, 0.25) is 5.02 Å². The van der Waals surface area contributed by atoms with Gasteiger partial charge in [0.05, 0.1) is 24.8 Å². The van der Waals surface area contributed by atoms with Crippen molar-refractivity contribution in [3.8, 4) is 11.3 Å². The number of pyridine rings is 1. The summed E-state index contributed by atoms with van der Waals surface area (Å²) >= 11 is 6.20. The molecule has 3 rings (SSSR count). The maximum atomic E-state index is 6.20. The number of benzene rings is 1. The predicted molar refractivity (Wildman–Crippen MR) is 80.4 cm³/mol. The van der Waals surface area contributed by atoms with Gasteiger partial charge < -0.3 is 10.3 Å². The summed E-state index contributed by atoms with van der Waals surface area (Å²) in [5.74, 6) is 0.494. The molecule has 0 saturated carbocycles. The number of halogens is 1. The highest BCUT2D eigenvalue weighted by Gasteiger charge is 2.10. The number of nitrogens with two attached hydrogens (primary N) is 1. The minimum Gasteiger partial charge on any atom is -0.383 e. The Kier molecular flexibility index (Phi) is 3.39. The zero-order valence-electron chi connectivity index (χ0n) is 10.7. The van der Waals surface area contributed by atoms with Gasteiger partial charge in [0.2, 0.25) is 0 Å². The molecule has 4 nitrogen and oxygen atoms in total. The molecule has 0 spiro atoms. The molecule has 0 unspecified atom stereocenters. The molecule has 3 aromatic rings. The highest BCUT2D eigenvalue weighted by Crippen LogP contribution is 2.25. The number of nitrogens with zero attached hydrogens (tertiary/aromatic N) is 3.